The number of aromatic nitrogens is 2. The maximum absolute atomic E-state index is 11.9. The molecule has 0 aliphatic carbocycles. The number of hydrogen-bond acceptors (Lipinski definition) is 7. The number of rotatable bonds is 5. The SMILES string of the molecule is COC(=O)c1ccccc1Nc1ncnc(Nc2cccc(C)c2C)c1N. The van der Waals surface area contributed by atoms with Crippen LogP contribution in [-0.2, 0) is 4.74 Å². The van der Waals surface area contributed by atoms with Crippen molar-refractivity contribution >= 4 is 34.7 Å². The van der Waals surface area contributed by atoms with Gasteiger partial charge in [0.25, 0.3) is 0 Å². The molecular formula is C20H21N5O2. The topological polar surface area (TPSA) is 102 Å². The van der Waals surface area contributed by atoms with Crippen molar-refractivity contribution < 1.29 is 9.53 Å². The van der Waals surface area contributed by atoms with E-state index in [9.17, 15) is 4.79 Å². The summed E-state index contributed by atoms with van der Waals surface area (Å²) >= 11 is 0. The maximum atomic E-state index is 11.9. The third-order valence-electron chi connectivity index (χ3n) is 4.33. The van der Waals surface area contributed by atoms with Gasteiger partial charge < -0.3 is 21.1 Å². The Kier molecular flexibility index (Phi) is 5.21. The van der Waals surface area contributed by atoms with Crippen molar-refractivity contribution in [2.75, 3.05) is 23.5 Å². The highest BCUT2D eigenvalue weighted by Gasteiger charge is 2.15. The van der Waals surface area contributed by atoms with Gasteiger partial charge in [-0.15, -0.1) is 0 Å². The van der Waals surface area contributed by atoms with Crippen molar-refractivity contribution in [3.8, 4) is 0 Å². The first-order valence-electron chi connectivity index (χ1n) is 8.39. The number of nitrogens with two attached hydrogens (primary N) is 1. The van der Waals surface area contributed by atoms with Crippen LogP contribution in [0.4, 0.5) is 28.7 Å². The van der Waals surface area contributed by atoms with E-state index in [0.717, 1.165) is 16.8 Å². The molecular weight excluding hydrogens is 342 g/mol. The molecule has 0 aliphatic heterocycles. The molecule has 1 aromatic heterocycles. The van der Waals surface area contributed by atoms with E-state index in [4.69, 9.17) is 10.5 Å². The minimum Gasteiger partial charge on any atom is -0.465 e. The molecule has 27 heavy (non-hydrogen) atoms. The zero-order valence-electron chi connectivity index (χ0n) is 15.4. The lowest BCUT2D eigenvalue weighted by molar-refractivity contribution is 0.0602. The van der Waals surface area contributed by atoms with Crippen molar-refractivity contribution in [1.82, 2.24) is 9.97 Å². The molecule has 0 saturated heterocycles. The van der Waals surface area contributed by atoms with Crippen molar-refractivity contribution in [3.05, 3.63) is 65.5 Å². The molecule has 0 fully saturated rings. The quantitative estimate of drug-likeness (QED) is 0.590. The molecule has 3 aromatic rings. The Labute approximate surface area is 157 Å². The van der Waals surface area contributed by atoms with Crippen LogP contribution >= 0.6 is 0 Å². The standard InChI is InChI=1S/C20H21N5O2/c1-12-7-6-10-15(13(12)2)24-18-17(21)19(23-11-22-18)25-16-9-5-4-8-14(16)20(26)27-3/h4-11H,21H2,1-3H3,(H2,22,23,24,25). The summed E-state index contributed by atoms with van der Waals surface area (Å²) in [5, 5.41) is 6.34. The van der Waals surface area contributed by atoms with E-state index >= 15 is 0 Å². The van der Waals surface area contributed by atoms with Gasteiger partial charge in [0.2, 0.25) is 0 Å². The van der Waals surface area contributed by atoms with Gasteiger partial charge in [-0.1, -0.05) is 24.3 Å². The average Bonchev–Trinajstić information content (AvgIpc) is 2.68. The normalized spacial score (nSPS) is 10.3. The summed E-state index contributed by atoms with van der Waals surface area (Å²) < 4.78 is 4.82. The lowest BCUT2D eigenvalue weighted by Gasteiger charge is -2.15. The van der Waals surface area contributed by atoms with Crippen LogP contribution in [-0.4, -0.2) is 23.0 Å². The largest absolute Gasteiger partial charge is 0.465 e. The van der Waals surface area contributed by atoms with Gasteiger partial charge in [0.15, 0.2) is 11.6 Å². The summed E-state index contributed by atoms with van der Waals surface area (Å²) in [5.41, 5.74) is 10.7. The molecule has 0 atom stereocenters. The number of hydrogen-bond donors (Lipinski definition) is 3. The van der Waals surface area contributed by atoms with E-state index in [1.54, 1.807) is 24.3 Å². The zero-order chi connectivity index (χ0) is 19.4. The molecule has 138 valence electrons. The number of methoxy groups -OCH3 is 1. The second kappa shape index (κ2) is 7.74. The number of nitrogen functional groups attached to an aromatic ring is 1. The number of benzene rings is 2. The van der Waals surface area contributed by atoms with Crippen molar-refractivity contribution in [2.45, 2.75) is 13.8 Å². The maximum Gasteiger partial charge on any atom is 0.339 e. The number of ether oxygens (including phenoxy) is 1. The first kappa shape index (κ1) is 18.2. The molecule has 7 heteroatoms. The highest BCUT2D eigenvalue weighted by molar-refractivity contribution is 5.97. The highest BCUT2D eigenvalue weighted by atomic mass is 16.5. The average molecular weight is 363 g/mol. The van der Waals surface area contributed by atoms with Gasteiger partial charge in [-0.25, -0.2) is 14.8 Å². The molecule has 0 radical (unpaired) electrons. The highest BCUT2D eigenvalue weighted by Crippen LogP contribution is 2.30. The minimum absolute atomic E-state index is 0.345. The molecule has 3 rings (SSSR count). The van der Waals surface area contributed by atoms with Crippen LogP contribution in [0.15, 0.2) is 48.8 Å². The molecule has 1 heterocycles. The Morgan fingerprint density at radius 1 is 0.963 bits per heavy atom. The van der Waals surface area contributed by atoms with Gasteiger partial charge in [-0.3, -0.25) is 0 Å². The van der Waals surface area contributed by atoms with Crippen molar-refractivity contribution in [2.24, 2.45) is 0 Å². The summed E-state index contributed by atoms with van der Waals surface area (Å²) in [6, 6.07) is 13.0. The zero-order valence-corrected chi connectivity index (χ0v) is 15.4. The fourth-order valence-corrected chi connectivity index (χ4v) is 2.62. The molecule has 4 N–H and O–H groups in total. The smallest absolute Gasteiger partial charge is 0.339 e. The van der Waals surface area contributed by atoms with E-state index in [1.807, 2.05) is 32.0 Å². The number of nitrogens with one attached hydrogen (secondary N) is 2. The minimum atomic E-state index is -0.445. The molecule has 0 unspecified atom stereocenters. The fraction of sp³-hybridized carbons (Fsp3) is 0.150. The Morgan fingerprint density at radius 3 is 2.30 bits per heavy atom. The van der Waals surface area contributed by atoms with Crippen LogP contribution in [0.5, 0.6) is 0 Å². The number of carbonyl (C=O) groups is 1. The first-order chi connectivity index (χ1) is 13.0. The summed E-state index contributed by atoms with van der Waals surface area (Å²) in [5.74, 6) is 0.436. The number of anilines is 5. The van der Waals surface area contributed by atoms with Crippen molar-refractivity contribution in [1.29, 1.82) is 0 Å². The van der Waals surface area contributed by atoms with Crippen LogP contribution in [0.2, 0.25) is 0 Å². The monoisotopic (exact) mass is 363 g/mol. The van der Waals surface area contributed by atoms with Crippen molar-refractivity contribution in [3.63, 3.8) is 0 Å². The molecule has 2 aromatic carbocycles. The summed E-state index contributed by atoms with van der Waals surface area (Å²) in [6.07, 6.45) is 1.41. The third kappa shape index (κ3) is 3.82. The lowest BCUT2D eigenvalue weighted by Crippen LogP contribution is -2.09. The van der Waals surface area contributed by atoms with Gasteiger partial charge >= 0.3 is 5.97 Å². The molecule has 0 saturated carbocycles. The number of esters is 1. The van der Waals surface area contributed by atoms with E-state index in [0.29, 0.717) is 28.6 Å². The van der Waals surface area contributed by atoms with E-state index < -0.39 is 5.97 Å². The molecule has 7 nitrogen and oxygen atoms in total. The third-order valence-corrected chi connectivity index (χ3v) is 4.33. The lowest BCUT2D eigenvalue weighted by atomic mass is 10.1. The predicted octanol–water partition coefficient (Wildman–Crippen LogP) is 3.95. The van der Waals surface area contributed by atoms with Crippen LogP contribution in [0.1, 0.15) is 21.5 Å². The van der Waals surface area contributed by atoms with Gasteiger partial charge in [-0.05, 0) is 43.2 Å². The number of para-hydroxylation sites is 1. The van der Waals surface area contributed by atoms with E-state index in [2.05, 4.69) is 20.6 Å². The number of aryl methyl sites for hydroxylation is 1. The number of nitrogens with zero attached hydrogens (tertiary/aromatic N) is 2. The Balaban J connectivity index is 1.92. The van der Waals surface area contributed by atoms with Crippen LogP contribution in [0.3, 0.4) is 0 Å². The van der Waals surface area contributed by atoms with E-state index in [1.165, 1.54) is 13.4 Å². The Morgan fingerprint density at radius 2 is 1.59 bits per heavy atom. The molecule has 0 aliphatic rings. The van der Waals surface area contributed by atoms with Crippen LogP contribution in [0, 0.1) is 13.8 Å². The molecule has 0 spiro atoms. The Hall–Kier alpha value is -3.61. The summed E-state index contributed by atoms with van der Waals surface area (Å²) in [7, 11) is 1.34. The van der Waals surface area contributed by atoms with Gasteiger partial charge in [0, 0.05) is 5.69 Å². The second-order valence-corrected chi connectivity index (χ2v) is 6.02. The van der Waals surface area contributed by atoms with Gasteiger partial charge in [0.1, 0.15) is 12.0 Å². The molecule has 0 amide bonds. The van der Waals surface area contributed by atoms with E-state index in [-0.39, 0.29) is 0 Å². The number of carbonyl (C=O) groups excluding carboxylic acids is 1. The van der Waals surface area contributed by atoms with Crippen LogP contribution in [0.25, 0.3) is 0 Å². The van der Waals surface area contributed by atoms with Gasteiger partial charge in [0.05, 0.1) is 18.4 Å². The summed E-state index contributed by atoms with van der Waals surface area (Å²) in [4.78, 5) is 20.4. The molecule has 0 bridgehead atoms. The first-order valence-corrected chi connectivity index (χ1v) is 8.39. The van der Waals surface area contributed by atoms with Gasteiger partial charge in [-0.2, -0.15) is 0 Å². The van der Waals surface area contributed by atoms with Crippen LogP contribution < -0.4 is 16.4 Å². The Bertz CT molecular complexity index is 988. The predicted molar refractivity (Wildman–Crippen MR) is 107 cm³/mol. The summed E-state index contributed by atoms with van der Waals surface area (Å²) in [6.45, 7) is 4.07. The second-order valence-electron chi connectivity index (χ2n) is 6.02. The fourth-order valence-electron chi connectivity index (χ4n) is 2.62.